The summed E-state index contributed by atoms with van der Waals surface area (Å²) < 4.78 is 5.02. The Labute approximate surface area is 118 Å². The zero-order chi connectivity index (χ0) is 14.3. The van der Waals surface area contributed by atoms with Crippen LogP contribution in [0.15, 0.2) is 24.3 Å². The maximum Gasteiger partial charge on any atom is 0.333 e. The van der Waals surface area contributed by atoms with E-state index in [1.807, 2.05) is 0 Å². The second-order valence-electron chi connectivity index (χ2n) is 5.09. The summed E-state index contributed by atoms with van der Waals surface area (Å²) in [5.74, 6) is -0.275. The monoisotopic (exact) mass is 266 g/mol. The number of ether oxygens (including phenoxy) is 1. The molecule has 19 heavy (non-hydrogen) atoms. The Morgan fingerprint density at radius 3 is 2.16 bits per heavy atom. The van der Waals surface area contributed by atoms with Gasteiger partial charge in [0.1, 0.15) is 0 Å². The third-order valence-electron chi connectivity index (χ3n) is 2.99. The van der Waals surface area contributed by atoms with E-state index in [0.29, 0.717) is 12.2 Å². The van der Waals surface area contributed by atoms with Crippen molar-refractivity contribution >= 4 is 5.97 Å². The zero-order valence-corrected chi connectivity index (χ0v) is 12.7. The smallest absolute Gasteiger partial charge is 0.333 e. The molecule has 0 aliphatic heterocycles. The lowest BCUT2D eigenvalue weighted by Gasteiger charge is -2.02. The minimum absolute atomic E-state index is 0.275. The molecule has 0 saturated heterocycles. The van der Waals surface area contributed by atoms with Crippen molar-refractivity contribution in [1.82, 2.24) is 0 Å². The van der Waals surface area contributed by atoms with Crippen LogP contribution in [0.5, 0.6) is 0 Å². The van der Waals surface area contributed by atoms with Gasteiger partial charge < -0.3 is 4.74 Å². The number of hydrogen-bond donors (Lipinski definition) is 0. The molecule has 0 aromatic carbocycles. The summed E-state index contributed by atoms with van der Waals surface area (Å²) in [5, 5.41) is 0. The van der Waals surface area contributed by atoms with E-state index in [1.165, 1.54) is 38.5 Å². The molecular formula is C17H30O2. The molecule has 2 nitrogen and oxygen atoms in total. The first-order valence-corrected chi connectivity index (χ1v) is 7.66. The first-order chi connectivity index (χ1) is 9.18. The van der Waals surface area contributed by atoms with Gasteiger partial charge in [0.15, 0.2) is 0 Å². The lowest BCUT2D eigenvalue weighted by atomic mass is 10.1. The summed E-state index contributed by atoms with van der Waals surface area (Å²) in [4.78, 5) is 11.1. The third-order valence-corrected chi connectivity index (χ3v) is 2.99. The van der Waals surface area contributed by atoms with E-state index in [2.05, 4.69) is 25.7 Å². The molecule has 110 valence electrons. The first kappa shape index (κ1) is 17.9. The predicted octanol–water partition coefficient (Wildman–Crippen LogP) is 5.19. The average molecular weight is 266 g/mol. The number of carbonyl (C=O) groups excluding carboxylic acids is 1. The van der Waals surface area contributed by atoms with Crippen LogP contribution in [0.2, 0.25) is 0 Å². The van der Waals surface area contributed by atoms with Gasteiger partial charge in [-0.15, -0.1) is 0 Å². The molecule has 0 fully saturated rings. The molecule has 0 spiro atoms. The van der Waals surface area contributed by atoms with Crippen molar-refractivity contribution in [3.05, 3.63) is 24.3 Å². The molecule has 0 heterocycles. The van der Waals surface area contributed by atoms with Crippen LogP contribution in [-0.4, -0.2) is 12.6 Å². The van der Waals surface area contributed by atoms with Crippen LogP contribution in [0.4, 0.5) is 0 Å². The normalized spacial score (nSPS) is 10.8. The Morgan fingerprint density at radius 1 is 1.00 bits per heavy atom. The van der Waals surface area contributed by atoms with E-state index < -0.39 is 0 Å². The summed E-state index contributed by atoms with van der Waals surface area (Å²) in [6, 6.07) is 0. The van der Waals surface area contributed by atoms with Crippen molar-refractivity contribution in [1.29, 1.82) is 0 Å². The summed E-state index contributed by atoms with van der Waals surface area (Å²) in [6.45, 7) is 7.97. The van der Waals surface area contributed by atoms with Crippen LogP contribution in [-0.2, 0) is 9.53 Å². The van der Waals surface area contributed by atoms with E-state index >= 15 is 0 Å². The van der Waals surface area contributed by atoms with Gasteiger partial charge in [-0.05, 0) is 39.0 Å². The van der Waals surface area contributed by atoms with Crippen LogP contribution < -0.4 is 0 Å². The van der Waals surface area contributed by atoms with Gasteiger partial charge in [0, 0.05) is 5.57 Å². The molecule has 0 aromatic rings. The van der Waals surface area contributed by atoms with Gasteiger partial charge in [-0.3, -0.25) is 0 Å². The van der Waals surface area contributed by atoms with E-state index in [1.54, 1.807) is 6.92 Å². The number of unbranched alkanes of at least 4 members (excludes halogenated alkanes) is 7. The van der Waals surface area contributed by atoms with Gasteiger partial charge in [-0.2, -0.15) is 0 Å². The molecule has 0 amide bonds. The molecule has 0 rings (SSSR count). The lowest BCUT2D eigenvalue weighted by Crippen LogP contribution is -2.05. The van der Waals surface area contributed by atoms with Crippen LogP contribution in [0.25, 0.3) is 0 Å². The van der Waals surface area contributed by atoms with Crippen LogP contribution in [0.1, 0.15) is 71.6 Å². The van der Waals surface area contributed by atoms with Crippen molar-refractivity contribution in [3.8, 4) is 0 Å². The fourth-order valence-electron chi connectivity index (χ4n) is 1.75. The number of hydrogen-bond acceptors (Lipinski definition) is 2. The van der Waals surface area contributed by atoms with Crippen LogP contribution in [0.3, 0.4) is 0 Å². The summed E-state index contributed by atoms with van der Waals surface area (Å²) >= 11 is 0. The largest absolute Gasteiger partial charge is 0.462 e. The van der Waals surface area contributed by atoms with Gasteiger partial charge in [0.2, 0.25) is 0 Å². The minimum Gasteiger partial charge on any atom is -0.462 e. The molecule has 0 aliphatic carbocycles. The first-order valence-electron chi connectivity index (χ1n) is 7.66. The van der Waals surface area contributed by atoms with Gasteiger partial charge in [-0.1, -0.05) is 51.3 Å². The highest BCUT2D eigenvalue weighted by atomic mass is 16.5. The summed E-state index contributed by atoms with van der Waals surface area (Å²) in [6.07, 6.45) is 15.6. The number of allylic oxidation sites excluding steroid dienone is 2. The highest BCUT2D eigenvalue weighted by Gasteiger charge is 2.01. The molecule has 0 radical (unpaired) electrons. The molecule has 0 unspecified atom stereocenters. The molecule has 0 bridgehead atoms. The molecule has 0 aromatic heterocycles. The second kappa shape index (κ2) is 13.4. The Morgan fingerprint density at radius 2 is 1.58 bits per heavy atom. The molecule has 2 heteroatoms. The Balaban J connectivity index is 3.21. The lowest BCUT2D eigenvalue weighted by molar-refractivity contribution is -0.139. The number of carbonyl (C=O) groups is 1. The van der Waals surface area contributed by atoms with Gasteiger partial charge in [0.05, 0.1) is 6.61 Å². The molecule has 0 N–H and O–H groups in total. The van der Waals surface area contributed by atoms with E-state index in [0.717, 1.165) is 19.3 Å². The summed E-state index contributed by atoms with van der Waals surface area (Å²) in [5.41, 5.74) is 0.475. The standard InChI is InChI=1S/C17H30O2/c1-4-5-6-7-8-9-10-11-12-13-14-15-19-17(18)16(2)3/h10-11H,2,4-9,12-15H2,1,3H3/b11-10+. The van der Waals surface area contributed by atoms with Crippen molar-refractivity contribution in [2.24, 2.45) is 0 Å². The van der Waals surface area contributed by atoms with E-state index in [4.69, 9.17) is 4.74 Å². The maximum absolute atomic E-state index is 11.1. The second-order valence-corrected chi connectivity index (χ2v) is 5.09. The Bertz CT molecular complexity index is 266. The van der Waals surface area contributed by atoms with Crippen molar-refractivity contribution in [2.75, 3.05) is 6.61 Å². The molecule has 0 aliphatic rings. The van der Waals surface area contributed by atoms with Gasteiger partial charge >= 0.3 is 5.97 Å². The highest BCUT2D eigenvalue weighted by molar-refractivity contribution is 5.86. The summed E-state index contributed by atoms with van der Waals surface area (Å²) in [7, 11) is 0. The Hall–Kier alpha value is -1.05. The fraction of sp³-hybridized carbons (Fsp3) is 0.706. The highest BCUT2D eigenvalue weighted by Crippen LogP contribution is 2.06. The molecular weight excluding hydrogens is 236 g/mol. The van der Waals surface area contributed by atoms with Crippen molar-refractivity contribution < 1.29 is 9.53 Å². The van der Waals surface area contributed by atoms with Crippen molar-refractivity contribution in [3.63, 3.8) is 0 Å². The van der Waals surface area contributed by atoms with Gasteiger partial charge in [-0.25, -0.2) is 4.79 Å². The van der Waals surface area contributed by atoms with E-state index in [9.17, 15) is 4.79 Å². The molecule has 0 atom stereocenters. The Kier molecular flexibility index (Phi) is 12.6. The SMILES string of the molecule is C=C(C)C(=O)OCCCC/C=C/CCCCCCC. The maximum atomic E-state index is 11.1. The predicted molar refractivity (Wildman–Crippen MR) is 82.1 cm³/mol. The minimum atomic E-state index is -0.275. The van der Waals surface area contributed by atoms with Gasteiger partial charge in [0.25, 0.3) is 0 Å². The van der Waals surface area contributed by atoms with Crippen molar-refractivity contribution in [2.45, 2.75) is 71.6 Å². The third kappa shape index (κ3) is 13.2. The quantitative estimate of drug-likeness (QED) is 0.210. The zero-order valence-electron chi connectivity index (χ0n) is 12.7. The molecule has 0 saturated carbocycles. The number of rotatable bonds is 12. The number of esters is 1. The van der Waals surface area contributed by atoms with E-state index in [-0.39, 0.29) is 5.97 Å². The van der Waals surface area contributed by atoms with Crippen LogP contribution >= 0.6 is 0 Å². The topological polar surface area (TPSA) is 26.3 Å². The fourth-order valence-corrected chi connectivity index (χ4v) is 1.75. The van der Waals surface area contributed by atoms with Crippen LogP contribution in [0, 0.1) is 0 Å². The average Bonchev–Trinajstić information content (AvgIpc) is 2.39.